The molecule has 0 radical (unpaired) electrons. The largest absolute Gasteiger partial charge is 0.346 e. The van der Waals surface area contributed by atoms with E-state index in [1.54, 1.807) is 0 Å². The summed E-state index contributed by atoms with van der Waals surface area (Å²) in [4.78, 5) is 36.8. The minimum Gasteiger partial charge on any atom is -0.346 e. The summed E-state index contributed by atoms with van der Waals surface area (Å²) < 4.78 is 0. The number of nitrogens with one attached hydrogen (secondary N) is 2. The quantitative estimate of drug-likeness (QED) is 0.444. The van der Waals surface area contributed by atoms with Crippen molar-refractivity contribution in [3.63, 3.8) is 0 Å². The van der Waals surface area contributed by atoms with Crippen LogP contribution in [0.1, 0.15) is 39.9 Å². The van der Waals surface area contributed by atoms with Crippen molar-refractivity contribution in [3.05, 3.63) is 88.4 Å². The van der Waals surface area contributed by atoms with Crippen molar-refractivity contribution in [2.75, 3.05) is 13.1 Å². The van der Waals surface area contributed by atoms with Gasteiger partial charge in [-0.3, -0.25) is 9.59 Å². The van der Waals surface area contributed by atoms with Crippen LogP contribution in [0.4, 0.5) is 0 Å². The number of carbonyl (C=O) groups excluding carboxylic acids is 2. The number of para-hydroxylation sites is 2. The number of aromatic nitrogens is 2. The third kappa shape index (κ3) is 4.83. The predicted octanol–water partition coefficient (Wildman–Crippen LogP) is 4.58. The maximum absolute atomic E-state index is 13.4. The van der Waals surface area contributed by atoms with E-state index in [0.717, 1.165) is 40.1 Å². The number of piperidine rings is 1. The molecule has 5 rings (SSSR count). The van der Waals surface area contributed by atoms with Gasteiger partial charge in [-0.1, -0.05) is 48.5 Å². The summed E-state index contributed by atoms with van der Waals surface area (Å²) in [5, 5.41) is 5.14. The highest BCUT2D eigenvalue weighted by Gasteiger charge is 2.31. The number of amides is 2. The van der Waals surface area contributed by atoms with Crippen molar-refractivity contribution in [3.8, 4) is 0 Å². The smallest absolute Gasteiger partial charge is 0.263 e. The number of hydrogen-bond acceptors (Lipinski definition) is 4. The number of carbonyl (C=O) groups is 2. The number of nitrogens with zero attached hydrogens (tertiary/aromatic N) is 2. The average Bonchev–Trinajstić information content (AvgIpc) is 3.54. The maximum Gasteiger partial charge on any atom is 0.263 e. The van der Waals surface area contributed by atoms with Crippen LogP contribution >= 0.6 is 11.3 Å². The zero-order valence-corrected chi connectivity index (χ0v) is 19.1. The van der Waals surface area contributed by atoms with Gasteiger partial charge in [-0.25, -0.2) is 4.98 Å². The fraction of sp³-hybridized carbons (Fsp3) is 0.269. The van der Waals surface area contributed by atoms with Gasteiger partial charge in [0.05, 0.1) is 27.9 Å². The Morgan fingerprint density at radius 3 is 2.70 bits per heavy atom. The third-order valence-corrected chi connectivity index (χ3v) is 7.01. The molecule has 2 aromatic heterocycles. The molecule has 6 nitrogen and oxygen atoms in total. The van der Waals surface area contributed by atoms with E-state index in [9.17, 15) is 9.59 Å². The second kappa shape index (κ2) is 9.58. The molecular formula is C26H26N4O2S. The molecule has 0 bridgehead atoms. The Bertz CT molecular complexity index is 1200. The number of benzene rings is 2. The van der Waals surface area contributed by atoms with Gasteiger partial charge in [-0.15, -0.1) is 11.3 Å². The Hall–Kier alpha value is -3.45. The van der Waals surface area contributed by atoms with Crippen molar-refractivity contribution in [1.29, 1.82) is 0 Å². The predicted molar refractivity (Wildman–Crippen MR) is 130 cm³/mol. The normalized spacial score (nSPS) is 17.1. The Balaban J connectivity index is 1.34. The zero-order valence-electron chi connectivity index (χ0n) is 18.2. The van der Waals surface area contributed by atoms with Crippen LogP contribution in [0.15, 0.2) is 72.1 Å². The van der Waals surface area contributed by atoms with Crippen LogP contribution in [0.3, 0.4) is 0 Å². The van der Waals surface area contributed by atoms with E-state index in [-0.39, 0.29) is 23.8 Å². The SMILES string of the molecule is O=C(N[C@@H](Cc1ccccc1)c1nc2ccccc2[nH]1)C1CCCN(C(=O)c2cccs2)C1. The number of thiophene rings is 1. The Morgan fingerprint density at radius 2 is 1.91 bits per heavy atom. The summed E-state index contributed by atoms with van der Waals surface area (Å²) in [6, 6.07) is 21.4. The fourth-order valence-corrected chi connectivity index (χ4v) is 5.12. The lowest BCUT2D eigenvalue weighted by atomic mass is 9.96. The minimum atomic E-state index is -0.282. The first-order valence-electron chi connectivity index (χ1n) is 11.3. The monoisotopic (exact) mass is 458 g/mol. The molecule has 1 aliphatic heterocycles. The van der Waals surface area contributed by atoms with Gasteiger partial charge in [0.25, 0.3) is 5.91 Å². The van der Waals surface area contributed by atoms with E-state index >= 15 is 0 Å². The molecule has 1 saturated heterocycles. The molecule has 0 aliphatic carbocycles. The molecule has 4 aromatic rings. The number of H-pyrrole nitrogens is 1. The van der Waals surface area contributed by atoms with E-state index in [1.165, 1.54) is 11.3 Å². The second-order valence-corrected chi connectivity index (χ2v) is 9.41. The first kappa shape index (κ1) is 21.4. The van der Waals surface area contributed by atoms with E-state index < -0.39 is 0 Å². The number of hydrogen-bond donors (Lipinski definition) is 2. The fourth-order valence-electron chi connectivity index (χ4n) is 4.42. The van der Waals surface area contributed by atoms with Crippen LogP contribution in [0, 0.1) is 5.92 Å². The van der Waals surface area contributed by atoms with Gasteiger partial charge in [0.2, 0.25) is 5.91 Å². The van der Waals surface area contributed by atoms with Crippen LogP contribution in [0.2, 0.25) is 0 Å². The van der Waals surface area contributed by atoms with Crippen molar-refractivity contribution >= 4 is 34.2 Å². The van der Waals surface area contributed by atoms with Crippen molar-refractivity contribution < 1.29 is 9.59 Å². The lowest BCUT2D eigenvalue weighted by Crippen LogP contribution is -2.46. The first-order chi connectivity index (χ1) is 16.2. The van der Waals surface area contributed by atoms with Gasteiger partial charge in [0.1, 0.15) is 5.82 Å². The first-order valence-corrected chi connectivity index (χ1v) is 12.2. The van der Waals surface area contributed by atoms with Crippen LogP contribution in [0.5, 0.6) is 0 Å². The number of likely N-dealkylation sites (tertiary alicyclic amines) is 1. The number of aromatic amines is 1. The molecule has 0 spiro atoms. The third-order valence-electron chi connectivity index (χ3n) is 6.15. The highest BCUT2D eigenvalue weighted by Crippen LogP contribution is 2.24. The van der Waals surface area contributed by atoms with Gasteiger partial charge in [-0.05, 0) is 48.4 Å². The van der Waals surface area contributed by atoms with Crippen LogP contribution in [-0.2, 0) is 11.2 Å². The summed E-state index contributed by atoms with van der Waals surface area (Å²) in [5.41, 5.74) is 2.96. The summed E-state index contributed by atoms with van der Waals surface area (Å²) in [7, 11) is 0. The Morgan fingerprint density at radius 1 is 1.09 bits per heavy atom. The van der Waals surface area contributed by atoms with Crippen LogP contribution < -0.4 is 5.32 Å². The Labute approximate surface area is 196 Å². The van der Waals surface area contributed by atoms with Crippen molar-refractivity contribution in [1.82, 2.24) is 20.2 Å². The van der Waals surface area contributed by atoms with Crippen molar-refractivity contribution in [2.24, 2.45) is 5.92 Å². The molecule has 7 heteroatoms. The van der Waals surface area contributed by atoms with E-state index in [2.05, 4.69) is 22.4 Å². The minimum absolute atomic E-state index is 0.0145. The number of rotatable bonds is 6. The number of imidazole rings is 1. The highest BCUT2D eigenvalue weighted by atomic mass is 32.1. The maximum atomic E-state index is 13.4. The van der Waals surface area contributed by atoms with Gasteiger partial charge in [0, 0.05) is 13.1 Å². The summed E-state index contributed by atoms with van der Waals surface area (Å²) in [6.45, 7) is 1.14. The summed E-state index contributed by atoms with van der Waals surface area (Å²) in [5.74, 6) is 0.502. The van der Waals surface area contributed by atoms with Crippen molar-refractivity contribution in [2.45, 2.75) is 25.3 Å². The van der Waals surface area contributed by atoms with Gasteiger partial charge >= 0.3 is 0 Å². The molecule has 1 aliphatic rings. The molecule has 1 unspecified atom stereocenters. The Kier molecular flexibility index (Phi) is 6.21. The molecular weight excluding hydrogens is 432 g/mol. The van der Waals surface area contributed by atoms with E-state index in [0.29, 0.717) is 19.5 Å². The summed E-state index contributed by atoms with van der Waals surface area (Å²) >= 11 is 1.44. The van der Waals surface area contributed by atoms with E-state index in [4.69, 9.17) is 4.98 Å². The lowest BCUT2D eigenvalue weighted by molar-refractivity contribution is -0.127. The topological polar surface area (TPSA) is 78.1 Å². The van der Waals surface area contributed by atoms with Crippen LogP contribution in [0.25, 0.3) is 11.0 Å². The standard InChI is InChI=1S/C26H26N4O2S/c31-25(19-10-6-14-30(17-19)26(32)23-13-7-15-33-23)29-22(16-18-8-2-1-3-9-18)24-27-20-11-4-5-12-21(20)28-24/h1-5,7-9,11-13,15,19,22H,6,10,14,16-17H2,(H,27,28)(H,29,31)/t19?,22-/m0/s1. The van der Waals surface area contributed by atoms with E-state index in [1.807, 2.05) is 64.9 Å². The molecule has 0 saturated carbocycles. The molecule has 1 fully saturated rings. The average molecular weight is 459 g/mol. The highest BCUT2D eigenvalue weighted by molar-refractivity contribution is 7.12. The zero-order chi connectivity index (χ0) is 22.6. The van der Waals surface area contributed by atoms with Gasteiger partial charge in [0.15, 0.2) is 0 Å². The molecule has 33 heavy (non-hydrogen) atoms. The lowest BCUT2D eigenvalue weighted by Gasteiger charge is -2.32. The van der Waals surface area contributed by atoms with Gasteiger partial charge in [-0.2, -0.15) is 0 Å². The summed E-state index contributed by atoms with van der Waals surface area (Å²) in [6.07, 6.45) is 2.23. The molecule has 2 amide bonds. The molecule has 2 aromatic carbocycles. The molecule has 2 N–H and O–H groups in total. The van der Waals surface area contributed by atoms with Gasteiger partial charge < -0.3 is 15.2 Å². The molecule has 168 valence electrons. The second-order valence-electron chi connectivity index (χ2n) is 8.46. The number of fused-ring (bicyclic) bond motifs is 1. The van der Waals surface area contributed by atoms with Crippen LogP contribution in [-0.4, -0.2) is 39.8 Å². The molecule has 3 heterocycles. The molecule has 2 atom stereocenters.